The highest BCUT2D eigenvalue weighted by molar-refractivity contribution is 9.10. The van der Waals surface area contributed by atoms with Crippen LogP contribution >= 0.6 is 27.5 Å². The number of rotatable bonds is 5. The summed E-state index contributed by atoms with van der Waals surface area (Å²) in [4.78, 5) is 11.8. The molecule has 8 heteroatoms. The van der Waals surface area contributed by atoms with Gasteiger partial charge in [-0.05, 0) is 18.2 Å². The Morgan fingerprint density at radius 2 is 2.15 bits per heavy atom. The quantitative estimate of drug-likeness (QED) is 0.802. The molecule has 0 aliphatic rings. The summed E-state index contributed by atoms with van der Waals surface area (Å²) in [6.07, 6.45) is -4.53. The van der Waals surface area contributed by atoms with E-state index in [0.717, 1.165) is 6.07 Å². The Morgan fingerprint density at radius 3 is 2.70 bits per heavy atom. The lowest BCUT2D eigenvalue weighted by Crippen LogP contribution is -2.31. The number of hydrogen-bond donors (Lipinski definition) is 1. The van der Waals surface area contributed by atoms with Gasteiger partial charge in [0.25, 0.3) is 5.91 Å². The van der Waals surface area contributed by atoms with Crippen LogP contribution in [0.2, 0.25) is 0 Å². The Bertz CT molecular complexity index is 482. The van der Waals surface area contributed by atoms with Crippen LogP contribution in [0.4, 0.5) is 13.2 Å². The molecular weight excluding hydrogens is 362 g/mol. The first-order valence-corrected chi connectivity index (χ1v) is 6.76. The van der Waals surface area contributed by atoms with Gasteiger partial charge in [0.05, 0.1) is 17.5 Å². The van der Waals surface area contributed by atoms with E-state index in [2.05, 4.69) is 21.2 Å². The van der Waals surface area contributed by atoms with Gasteiger partial charge in [-0.3, -0.25) is 4.79 Å². The first kappa shape index (κ1) is 17.3. The van der Waals surface area contributed by atoms with E-state index in [0.29, 0.717) is 0 Å². The van der Waals surface area contributed by atoms with Crippen molar-refractivity contribution in [1.82, 2.24) is 5.32 Å². The van der Waals surface area contributed by atoms with Crippen molar-refractivity contribution < 1.29 is 22.7 Å². The molecule has 20 heavy (non-hydrogen) atoms. The fourth-order valence-corrected chi connectivity index (χ4v) is 2.10. The molecule has 0 aliphatic heterocycles. The van der Waals surface area contributed by atoms with Crippen molar-refractivity contribution in [1.29, 1.82) is 0 Å². The molecular formula is C12H12BrClF3NO2. The number of carbonyl (C=O) groups excluding carboxylic acids is 1. The first-order chi connectivity index (χ1) is 9.25. The average Bonchev–Trinajstić information content (AvgIpc) is 2.35. The lowest BCUT2D eigenvalue weighted by atomic mass is 10.1. The van der Waals surface area contributed by atoms with Gasteiger partial charge in [0.2, 0.25) is 0 Å². The lowest BCUT2D eigenvalue weighted by molar-refractivity contribution is -0.138. The number of hydrogen-bond acceptors (Lipinski definition) is 2. The molecule has 1 atom stereocenters. The van der Waals surface area contributed by atoms with Gasteiger partial charge in [-0.25, -0.2) is 0 Å². The molecule has 0 aliphatic carbocycles. The van der Waals surface area contributed by atoms with E-state index < -0.39 is 23.0 Å². The van der Waals surface area contributed by atoms with Crippen LogP contribution < -0.4 is 5.32 Å². The smallest absolute Gasteiger partial charge is 0.383 e. The first-order valence-electron chi connectivity index (χ1n) is 5.53. The maximum Gasteiger partial charge on any atom is 0.417 e. The zero-order chi connectivity index (χ0) is 15.3. The predicted octanol–water partition coefficient (Wildman–Crippen LogP) is 3.45. The molecule has 0 radical (unpaired) electrons. The Kier molecular flexibility index (Phi) is 6.29. The number of carbonyl (C=O) groups is 1. The van der Waals surface area contributed by atoms with Crippen LogP contribution in [0.1, 0.15) is 15.9 Å². The highest BCUT2D eigenvalue weighted by atomic mass is 79.9. The predicted molar refractivity (Wildman–Crippen MR) is 73.0 cm³/mol. The Morgan fingerprint density at radius 1 is 1.50 bits per heavy atom. The van der Waals surface area contributed by atoms with Crippen molar-refractivity contribution in [2.45, 2.75) is 11.6 Å². The zero-order valence-corrected chi connectivity index (χ0v) is 12.8. The third-order valence-electron chi connectivity index (χ3n) is 2.37. The van der Waals surface area contributed by atoms with Gasteiger partial charge in [-0.1, -0.05) is 15.9 Å². The van der Waals surface area contributed by atoms with E-state index in [1.807, 2.05) is 0 Å². The second-order valence-corrected chi connectivity index (χ2v) is 5.43. The summed E-state index contributed by atoms with van der Waals surface area (Å²) in [5.41, 5.74) is -0.980. The normalized spacial score (nSPS) is 13.1. The number of halogens is 5. The van der Waals surface area contributed by atoms with Crippen LogP contribution in [0.3, 0.4) is 0 Å². The molecule has 1 unspecified atom stereocenters. The summed E-state index contributed by atoms with van der Waals surface area (Å²) in [5.74, 6) is -0.621. The fourth-order valence-electron chi connectivity index (χ4n) is 1.43. The Hall–Kier alpha value is -0.790. The molecule has 0 saturated carbocycles. The lowest BCUT2D eigenvalue weighted by Gasteiger charge is -2.12. The number of alkyl halides is 4. The molecule has 0 bridgehead atoms. The SMILES string of the molecule is COCC(Cl)CNC(=O)c1ccc(Br)c(C(F)(F)F)c1. The Labute approximate surface area is 127 Å². The fraction of sp³-hybridized carbons (Fsp3) is 0.417. The van der Waals surface area contributed by atoms with Gasteiger partial charge >= 0.3 is 6.18 Å². The summed E-state index contributed by atoms with van der Waals surface area (Å²) in [6.45, 7) is 0.335. The standard InChI is InChI=1S/C12H12BrClF3NO2/c1-20-6-8(14)5-18-11(19)7-2-3-10(13)9(4-7)12(15,16)17/h2-4,8H,5-6H2,1H3,(H,18,19). The minimum atomic E-state index is -4.53. The molecule has 0 spiro atoms. The van der Waals surface area contributed by atoms with E-state index in [1.54, 1.807) is 0 Å². The summed E-state index contributed by atoms with van der Waals surface area (Å²) in [7, 11) is 1.46. The second kappa shape index (κ2) is 7.28. The molecule has 112 valence electrons. The van der Waals surface area contributed by atoms with Crippen molar-refractivity contribution in [2.24, 2.45) is 0 Å². The molecule has 3 nitrogen and oxygen atoms in total. The summed E-state index contributed by atoms with van der Waals surface area (Å²) in [6, 6.07) is 3.28. The molecule has 1 rings (SSSR count). The van der Waals surface area contributed by atoms with Crippen LogP contribution in [0.25, 0.3) is 0 Å². The van der Waals surface area contributed by atoms with Crippen LogP contribution in [0.5, 0.6) is 0 Å². The maximum atomic E-state index is 12.7. The minimum absolute atomic E-state index is 0.0817. The molecule has 1 aromatic carbocycles. The van der Waals surface area contributed by atoms with Crippen LogP contribution in [-0.2, 0) is 10.9 Å². The molecule has 0 heterocycles. The summed E-state index contributed by atoms with van der Waals surface area (Å²) < 4.78 is 42.8. The van der Waals surface area contributed by atoms with Crippen LogP contribution in [0.15, 0.2) is 22.7 Å². The van der Waals surface area contributed by atoms with E-state index in [1.165, 1.54) is 19.2 Å². The van der Waals surface area contributed by atoms with E-state index in [-0.39, 0.29) is 23.2 Å². The third kappa shape index (κ3) is 4.96. The number of amides is 1. The third-order valence-corrected chi connectivity index (χ3v) is 3.34. The van der Waals surface area contributed by atoms with Gasteiger partial charge < -0.3 is 10.1 Å². The van der Waals surface area contributed by atoms with Gasteiger partial charge in [0.15, 0.2) is 0 Å². The summed E-state index contributed by atoms with van der Waals surface area (Å²) >= 11 is 8.62. The number of benzene rings is 1. The maximum absolute atomic E-state index is 12.7. The number of methoxy groups -OCH3 is 1. The van der Waals surface area contributed by atoms with Gasteiger partial charge in [-0.2, -0.15) is 13.2 Å². The summed E-state index contributed by atoms with van der Waals surface area (Å²) in [5, 5.41) is 2.01. The highest BCUT2D eigenvalue weighted by Crippen LogP contribution is 2.35. The van der Waals surface area contributed by atoms with Gasteiger partial charge in [-0.15, -0.1) is 11.6 Å². The molecule has 1 aromatic rings. The van der Waals surface area contributed by atoms with Gasteiger partial charge in [0.1, 0.15) is 0 Å². The monoisotopic (exact) mass is 373 g/mol. The van der Waals surface area contributed by atoms with Crippen molar-refractivity contribution in [3.05, 3.63) is 33.8 Å². The molecule has 0 aromatic heterocycles. The molecule has 1 amide bonds. The van der Waals surface area contributed by atoms with Crippen LogP contribution in [0, 0.1) is 0 Å². The van der Waals surface area contributed by atoms with Crippen molar-refractivity contribution in [2.75, 3.05) is 20.3 Å². The zero-order valence-electron chi connectivity index (χ0n) is 10.4. The van der Waals surface area contributed by atoms with E-state index in [4.69, 9.17) is 16.3 Å². The minimum Gasteiger partial charge on any atom is -0.383 e. The van der Waals surface area contributed by atoms with E-state index in [9.17, 15) is 18.0 Å². The molecule has 1 N–H and O–H groups in total. The van der Waals surface area contributed by atoms with Crippen molar-refractivity contribution in [3.63, 3.8) is 0 Å². The molecule has 0 fully saturated rings. The largest absolute Gasteiger partial charge is 0.417 e. The van der Waals surface area contributed by atoms with E-state index >= 15 is 0 Å². The van der Waals surface area contributed by atoms with Crippen LogP contribution in [-0.4, -0.2) is 31.5 Å². The van der Waals surface area contributed by atoms with Gasteiger partial charge in [0, 0.05) is 23.7 Å². The number of nitrogens with one attached hydrogen (secondary N) is 1. The second-order valence-electron chi connectivity index (χ2n) is 3.96. The van der Waals surface area contributed by atoms with Crippen molar-refractivity contribution >= 4 is 33.4 Å². The number of ether oxygens (including phenoxy) is 1. The van der Waals surface area contributed by atoms with Crippen molar-refractivity contribution in [3.8, 4) is 0 Å². The highest BCUT2D eigenvalue weighted by Gasteiger charge is 2.33. The molecule has 0 saturated heterocycles. The topological polar surface area (TPSA) is 38.3 Å². The average molecular weight is 375 g/mol. The Balaban J connectivity index is 2.79.